The summed E-state index contributed by atoms with van der Waals surface area (Å²) in [5.41, 5.74) is 0. The lowest BCUT2D eigenvalue weighted by molar-refractivity contribution is 0.162. The Bertz CT molecular complexity index is 486. The van der Waals surface area contributed by atoms with Gasteiger partial charge in [-0.2, -0.15) is 0 Å². The molecule has 1 N–H and O–H groups in total. The van der Waals surface area contributed by atoms with Crippen LogP contribution in [0.4, 0.5) is 0 Å². The first kappa shape index (κ1) is 14.2. The molecule has 21 heavy (non-hydrogen) atoms. The Kier molecular flexibility index (Phi) is 4.95. The maximum Gasteiger partial charge on any atom is 0.119 e. The third-order valence-corrected chi connectivity index (χ3v) is 3.95. The van der Waals surface area contributed by atoms with E-state index in [2.05, 4.69) is 29.6 Å². The third-order valence-electron chi connectivity index (χ3n) is 3.95. The van der Waals surface area contributed by atoms with Gasteiger partial charge in [0.2, 0.25) is 0 Å². The molecule has 0 bridgehead atoms. The Morgan fingerprint density at radius 2 is 1.76 bits per heavy atom. The Hall–Kier alpha value is -1.74. The van der Waals surface area contributed by atoms with Gasteiger partial charge < -0.3 is 14.8 Å². The number of rotatable bonds is 5. The van der Waals surface area contributed by atoms with Crippen LogP contribution in [0.1, 0.15) is 19.3 Å². The van der Waals surface area contributed by atoms with Crippen molar-refractivity contribution in [2.45, 2.75) is 25.4 Å². The van der Waals surface area contributed by atoms with Crippen LogP contribution in [-0.4, -0.2) is 25.8 Å². The number of allylic oxidation sites excluding steroid dienone is 3. The highest BCUT2D eigenvalue weighted by Crippen LogP contribution is 2.22. The SMILES string of the molecule is C1=CCC(COc2ccc(OC3CCNCC3)cc2)C=C1. The maximum atomic E-state index is 5.99. The Balaban J connectivity index is 1.47. The minimum absolute atomic E-state index is 0.345. The van der Waals surface area contributed by atoms with Crippen molar-refractivity contribution in [1.82, 2.24) is 5.32 Å². The fourth-order valence-corrected chi connectivity index (χ4v) is 2.68. The predicted octanol–water partition coefficient (Wildman–Crippen LogP) is 3.33. The summed E-state index contributed by atoms with van der Waals surface area (Å²) in [5.74, 6) is 2.34. The van der Waals surface area contributed by atoms with Crippen LogP contribution in [0, 0.1) is 5.92 Å². The molecule has 3 heteroatoms. The number of hydrogen-bond donors (Lipinski definition) is 1. The number of hydrogen-bond acceptors (Lipinski definition) is 3. The molecule has 1 saturated heterocycles. The quantitative estimate of drug-likeness (QED) is 0.900. The first-order valence-corrected chi connectivity index (χ1v) is 7.84. The minimum Gasteiger partial charge on any atom is -0.493 e. The normalized spacial score (nSPS) is 22.2. The molecular weight excluding hydrogens is 262 g/mol. The summed E-state index contributed by atoms with van der Waals surface area (Å²) in [6.45, 7) is 2.83. The molecule has 1 aliphatic carbocycles. The molecule has 1 fully saturated rings. The molecule has 1 aromatic rings. The van der Waals surface area contributed by atoms with E-state index < -0.39 is 0 Å². The lowest BCUT2D eigenvalue weighted by Gasteiger charge is -2.23. The van der Waals surface area contributed by atoms with Gasteiger partial charge in [0.1, 0.15) is 17.6 Å². The van der Waals surface area contributed by atoms with E-state index in [1.54, 1.807) is 0 Å². The number of ether oxygens (including phenoxy) is 2. The zero-order chi connectivity index (χ0) is 14.3. The number of piperidine rings is 1. The van der Waals surface area contributed by atoms with E-state index in [0.29, 0.717) is 12.0 Å². The van der Waals surface area contributed by atoms with Gasteiger partial charge in [-0.15, -0.1) is 0 Å². The average molecular weight is 285 g/mol. The second-order valence-corrected chi connectivity index (χ2v) is 5.66. The second-order valence-electron chi connectivity index (χ2n) is 5.66. The van der Waals surface area contributed by atoms with Crippen LogP contribution in [-0.2, 0) is 0 Å². The molecule has 112 valence electrons. The zero-order valence-electron chi connectivity index (χ0n) is 12.3. The van der Waals surface area contributed by atoms with Crippen LogP contribution in [0.5, 0.6) is 11.5 Å². The summed E-state index contributed by atoms with van der Waals surface area (Å²) in [6.07, 6.45) is 12.1. The van der Waals surface area contributed by atoms with Gasteiger partial charge in [0.15, 0.2) is 0 Å². The largest absolute Gasteiger partial charge is 0.493 e. The maximum absolute atomic E-state index is 5.99. The monoisotopic (exact) mass is 285 g/mol. The van der Waals surface area contributed by atoms with Crippen LogP contribution in [0.25, 0.3) is 0 Å². The van der Waals surface area contributed by atoms with E-state index in [0.717, 1.165) is 50.5 Å². The predicted molar refractivity (Wildman–Crippen MR) is 84.8 cm³/mol. The van der Waals surface area contributed by atoms with E-state index in [1.807, 2.05) is 24.3 Å². The molecule has 1 heterocycles. The third kappa shape index (κ3) is 4.36. The van der Waals surface area contributed by atoms with Gasteiger partial charge in [-0.3, -0.25) is 0 Å². The molecule has 1 atom stereocenters. The molecule has 1 unspecified atom stereocenters. The summed E-state index contributed by atoms with van der Waals surface area (Å²) in [7, 11) is 0. The van der Waals surface area contributed by atoms with Crippen LogP contribution < -0.4 is 14.8 Å². The summed E-state index contributed by atoms with van der Waals surface area (Å²) >= 11 is 0. The standard InChI is InChI=1S/C18H23NO2/c1-2-4-15(5-3-1)14-20-16-6-8-17(9-7-16)21-18-10-12-19-13-11-18/h1-4,6-9,15,18-19H,5,10-14H2. The summed E-state index contributed by atoms with van der Waals surface area (Å²) in [4.78, 5) is 0. The number of benzene rings is 1. The van der Waals surface area contributed by atoms with E-state index in [4.69, 9.17) is 9.47 Å². The van der Waals surface area contributed by atoms with E-state index in [-0.39, 0.29) is 0 Å². The zero-order valence-corrected chi connectivity index (χ0v) is 12.3. The molecule has 0 saturated carbocycles. The van der Waals surface area contributed by atoms with Crippen molar-refractivity contribution in [3.63, 3.8) is 0 Å². The minimum atomic E-state index is 0.345. The van der Waals surface area contributed by atoms with Crippen molar-refractivity contribution < 1.29 is 9.47 Å². The topological polar surface area (TPSA) is 30.5 Å². The smallest absolute Gasteiger partial charge is 0.119 e. The summed E-state index contributed by atoms with van der Waals surface area (Å²) in [6, 6.07) is 8.01. The second kappa shape index (κ2) is 7.32. The molecule has 2 aliphatic rings. The van der Waals surface area contributed by atoms with Crippen molar-refractivity contribution in [1.29, 1.82) is 0 Å². The highest BCUT2D eigenvalue weighted by molar-refractivity contribution is 5.31. The van der Waals surface area contributed by atoms with Gasteiger partial charge in [0.05, 0.1) is 6.61 Å². The Morgan fingerprint density at radius 1 is 1.00 bits per heavy atom. The van der Waals surface area contributed by atoms with Crippen LogP contribution in [0.15, 0.2) is 48.6 Å². The van der Waals surface area contributed by atoms with Gasteiger partial charge in [-0.05, 0) is 56.6 Å². The van der Waals surface area contributed by atoms with E-state index in [9.17, 15) is 0 Å². The molecule has 1 aromatic carbocycles. The fourth-order valence-electron chi connectivity index (χ4n) is 2.68. The fraction of sp³-hybridized carbons (Fsp3) is 0.444. The lowest BCUT2D eigenvalue weighted by Crippen LogP contribution is -2.34. The summed E-state index contributed by atoms with van der Waals surface area (Å²) < 4.78 is 11.8. The number of nitrogens with one attached hydrogen (secondary N) is 1. The molecule has 3 nitrogen and oxygen atoms in total. The molecular formula is C18H23NO2. The molecule has 0 aromatic heterocycles. The van der Waals surface area contributed by atoms with Crippen molar-refractivity contribution in [2.24, 2.45) is 5.92 Å². The molecule has 1 aliphatic heterocycles. The lowest BCUT2D eigenvalue weighted by atomic mass is 10.0. The Labute approximate surface area is 126 Å². The first-order chi connectivity index (χ1) is 10.4. The Morgan fingerprint density at radius 3 is 2.48 bits per heavy atom. The van der Waals surface area contributed by atoms with Gasteiger partial charge in [0, 0.05) is 5.92 Å². The van der Waals surface area contributed by atoms with Gasteiger partial charge in [-0.25, -0.2) is 0 Å². The van der Waals surface area contributed by atoms with Crippen molar-refractivity contribution >= 4 is 0 Å². The van der Waals surface area contributed by atoms with Gasteiger partial charge >= 0.3 is 0 Å². The molecule has 0 spiro atoms. The van der Waals surface area contributed by atoms with E-state index >= 15 is 0 Å². The first-order valence-electron chi connectivity index (χ1n) is 7.84. The van der Waals surface area contributed by atoms with Crippen molar-refractivity contribution in [2.75, 3.05) is 19.7 Å². The average Bonchev–Trinajstić information content (AvgIpc) is 2.56. The van der Waals surface area contributed by atoms with Gasteiger partial charge in [-0.1, -0.05) is 24.3 Å². The molecule has 0 radical (unpaired) electrons. The van der Waals surface area contributed by atoms with Crippen LogP contribution in [0.2, 0.25) is 0 Å². The highest BCUT2D eigenvalue weighted by Gasteiger charge is 2.14. The van der Waals surface area contributed by atoms with Gasteiger partial charge in [0.25, 0.3) is 0 Å². The molecule has 3 rings (SSSR count). The van der Waals surface area contributed by atoms with E-state index in [1.165, 1.54) is 0 Å². The summed E-state index contributed by atoms with van der Waals surface area (Å²) in [5, 5.41) is 3.35. The van der Waals surface area contributed by atoms with Crippen LogP contribution in [0.3, 0.4) is 0 Å². The van der Waals surface area contributed by atoms with Crippen molar-refractivity contribution in [3.05, 3.63) is 48.6 Å². The molecule has 0 amide bonds. The van der Waals surface area contributed by atoms with Crippen LogP contribution >= 0.6 is 0 Å². The van der Waals surface area contributed by atoms with Crippen molar-refractivity contribution in [3.8, 4) is 11.5 Å². The highest BCUT2D eigenvalue weighted by atomic mass is 16.5.